The van der Waals surface area contributed by atoms with Gasteiger partial charge >= 0.3 is 0 Å². The topological polar surface area (TPSA) is 120 Å². The summed E-state index contributed by atoms with van der Waals surface area (Å²) in [5.74, 6) is 1.49. The Morgan fingerprint density at radius 2 is 1.89 bits per heavy atom. The van der Waals surface area contributed by atoms with Gasteiger partial charge in [-0.15, -0.1) is 0 Å². The van der Waals surface area contributed by atoms with E-state index in [4.69, 9.17) is 0 Å². The molecular weight excluding hydrogens is 466 g/mol. The molecule has 6 rings (SSSR count). The van der Waals surface area contributed by atoms with E-state index in [1.54, 1.807) is 23.4 Å². The summed E-state index contributed by atoms with van der Waals surface area (Å²) in [6.07, 6.45) is 9.25. The van der Waals surface area contributed by atoms with Crippen molar-refractivity contribution in [2.45, 2.75) is 19.8 Å². The van der Waals surface area contributed by atoms with E-state index < -0.39 is 0 Å². The summed E-state index contributed by atoms with van der Waals surface area (Å²) in [6.45, 7) is 1.93. The lowest BCUT2D eigenvalue weighted by atomic mass is 10.0. The van der Waals surface area contributed by atoms with Crippen LogP contribution in [0.15, 0.2) is 73.7 Å². The van der Waals surface area contributed by atoms with E-state index in [-0.39, 0.29) is 5.78 Å². The number of rotatable bonds is 7. The maximum Gasteiger partial charge on any atom is 0.183 e. The van der Waals surface area contributed by atoms with Crippen LogP contribution in [0, 0.1) is 6.92 Å². The number of nitrogens with zero attached hydrogens (tertiary/aromatic N) is 8. The minimum atomic E-state index is 0.118. The molecule has 6 aromatic rings. The molecular formula is C27H23N9O. The van der Waals surface area contributed by atoms with Gasteiger partial charge in [0.1, 0.15) is 29.8 Å². The van der Waals surface area contributed by atoms with Crippen LogP contribution in [0.4, 0.5) is 0 Å². The molecule has 0 atom stereocenters. The monoisotopic (exact) mass is 489 g/mol. The van der Waals surface area contributed by atoms with E-state index in [1.807, 2.05) is 67.2 Å². The van der Waals surface area contributed by atoms with E-state index in [0.717, 1.165) is 39.3 Å². The highest BCUT2D eigenvalue weighted by Crippen LogP contribution is 2.23. The lowest BCUT2D eigenvalue weighted by Crippen LogP contribution is -2.10. The summed E-state index contributed by atoms with van der Waals surface area (Å²) in [5, 5.41) is 4.53. The molecule has 182 valence electrons. The third-order valence-corrected chi connectivity index (χ3v) is 6.17. The Labute approximate surface area is 212 Å². The van der Waals surface area contributed by atoms with Crippen molar-refractivity contribution in [3.8, 4) is 28.5 Å². The van der Waals surface area contributed by atoms with E-state index in [2.05, 4.69) is 35.0 Å². The molecule has 0 saturated heterocycles. The number of fused-ring (bicyclic) bond motifs is 1. The first-order valence-corrected chi connectivity index (χ1v) is 11.8. The fourth-order valence-electron chi connectivity index (χ4n) is 4.29. The van der Waals surface area contributed by atoms with Crippen LogP contribution in [0.3, 0.4) is 0 Å². The van der Waals surface area contributed by atoms with Crippen molar-refractivity contribution in [1.82, 2.24) is 44.3 Å². The minimum Gasteiger partial charge on any atom is -0.334 e. The van der Waals surface area contributed by atoms with Crippen LogP contribution in [0.2, 0.25) is 0 Å². The van der Waals surface area contributed by atoms with Crippen LogP contribution in [-0.4, -0.2) is 50.0 Å². The molecule has 10 heteroatoms. The van der Waals surface area contributed by atoms with Crippen LogP contribution >= 0.6 is 0 Å². The van der Waals surface area contributed by atoms with Crippen molar-refractivity contribution in [3.63, 3.8) is 0 Å². The first kappa shape index (κ1) is 22.5. The highest BCUT2D eigenvalue weighted by atomic mass is 16.1. The van der Waals surface area contributed by atoms with Crippen molar-refractivity contribution >= 4 is 16.9 Å². The Bertz CT molecular complexity index is 1710. The van der Waals surface area contributed by atoms with Crippen LogP contribution in [0.5, 0.6) is 0 Å². The van der Waals surface area contributed by atoms with E-state index in [0.29, 0.717) is 30.1 Å². The number of ketones is 1. The molecule has 0 spiro atoms. The van der Waals surface area contributed by atoms with Gasteiger partial charge in [-0.05, 0) is 30.7 Å². The molecule has 0 aliphatic heterocycles. The number of imidazole rings is 2. The van der Waals surface area contributed by atoms with Gasteiger partial charge in [-0.25, -0.2) is 19.9 Å². The van der Waals surface area contributed by atoms with Gasteiger partial charge in [0.05, 0.1) is 11.4 Å². The summed E-state index contributed by atoms with van der Waals surface area (Å²) in [6, 6.07) is 13.6. The quantitative estimate of drug-likeness (QED) is 0.363. The Morgan fingerprint density at radius 1 is 1.03 bits per heavy atom. The van der Waals surface area contributed by atoms with E-state index in [9.17, 15) is 4.79 Å². The maximum absolute atomic E-state index is 12.8. The van der Waals surface area contributed by atoms with Gasteiger partial charge in [0.15, 0.2) is 11.5 Å². The molecule has 0 fully saturated rings. The summed E-state index contributed by atoms with van der Waals surface area (Å²) < 4.78 is 3.60. The van der Waals surface area contributed by atoms with Crippen LogP contribution in [0.1, 0.15) is 17.0 Å². The largest absolute Gasteiger partial charge is 0.334 e. The number of nitrogens with one attached hydrogen (secondary N) is 1. The molecule has 0 bridgehead atoms. The molecule has 1 aromatic carbocycles. The number of carbonyl (C=O) groups is 1. The molecule has 0 amide bonds. The molecule has 10 nitrogen and oxygen atoms in total. The zero-order valence-corrected chi connectivity index (χ0v) is 20.3. The van der Waals surface area contributed by atoms with Crippen LogP contribution in [0.25, 0.3) is 39.6 Å². The van der Waals surface area contributed by atoms with Crippen molar-refractivity contribution < 1.29 is 4.79 Å². The van der Waals surface area contributed by atoms with Gasteiger partial charge in [-0.2, -0.15) is 5.10 Å². The summed E-state index contributed by atoms with van der Waals surface area (Å²) >= 11 is 0. The highest BCUT2D eigenvalue weighted by Gasteiger charge is 2.14. The number of pyridine rings is 1. The first-order chi connectivity index (χ1) is 18.0. The van der Waals surface area contributed by atoms with Gasteiger partial charge in [0.2, 0.25) is 0 Å². The second kappa shape index (κ2) is 9.23. The average Bonchev–Trinajstić information content (AvgIpc) is 3.63. The van der Waals surface area contributed by atoms with Gasteiger partial charge in [0.25, 0.3) is 0 Å². The number of carbonyl (C=O) groups excluding carboxylic acids is 1. The van der Waals surface area contributed by atoms with E-state index in [1.165, 1.54) is 6.33 Å². The molecule has 5 heterocycles. The van der Waals surface area contributed by atoms with Crippen molar-refractivity contribution in [1.29, 1.82) is 0 Å². The smallest absolute Gasteiger partial charge is 0.183 e. The SMILES string of the molecule is Cc1cn(-c2ncnc3nc(-c4ccc(CC(=O)Cc5cc(-c6cccnc6)nn5C)cc4)[nH]c23)cn1. The number of aromatic nitrogens is 9. The molecule has 0 saturated carbocycles. The number of aromatic amines is 1. The number of Topliss-reactive ketones (excluding diaryl/α,β-unsaturated/α-hetero) is 1. The Morgan fingerprint density at radius 3 is 2.65 bits per heavy atom. The first-order valence-electron chi connectivity index (χ1n) is 11.8. The Balaban J connectivity index is 1.17. The molecule has 1 N–H and O–H groups in total. The van der Waals surface area contributed by atoms with Crippen LogP contribution in [-0.2, 0) is 24.7 Å². The second-order valence-electron chi connectivity index (χ2n) is 8.88. The standard InChI is InChI=1S/C27H23N9O/c1-17-14-36(16-31-17)27-24-26(29-15-30-27)33-25(32-24)19-7-5-18(6-8-19)10-22(37)11-21-12-23(34-35(21)2)20-4-3-9-28-13-20/h3-9,12-16H,10-11H2,1-2H3,(H,29,30,32,33). The highest BCUT2D eigenvalue weighted by molar-refractivity contribution is 5.84. The summed E-state index contributed by atoms with van der Waals surface area (Å²) in [5.41, 5.74) is 6.65. The third-order valence-electron chi connectivity index (χ3n) is 6.17. The van der Waals surface area contributed by atoms with Gasteiger partial charge in [-0.3, -0.25) is 19.0 Å². The van der Waals surface area contributed by atoms with Gasteiger partial charge in [0, 0.05) is 55.3 Å². The number of hydrogen-bond donors (Lipinski definition) is 1. The Hall–Kier alpha value is -4.99. The number of hydrogen-bond acceptors (Lipinski definition) is 7. The molecule has 5 aromatic heterocycles. The lowest BCUT2D eigenvalue weighted by Gasteiger charge is -2.04. The van der Waals surface area contributed by atoms with Crippen molar-refractivity contribution in [2.24, 2.45) is 7.05 Å². The molecule has 0 radical (unpaired) electrons. The fourth-order valence-corrected chi connectivity index (χ4v) is 4.29. The predicted octanol–water partition coefficient (Wildman–Crippen LogP) is 3.66. The zero-order valence-electron chi connectivity index (χ0n) is 20.3. The number of H-pyrrole nitrogens is 1. The summed E-state index contributed by atoms with van der Waals surface area (Å²) in [4.78, 5) is 37.9. The average molecular weight is 490 g/mol. The van der Waals surface area contributed by atoms with Gasteiger partial charge in [-0.1, -0.05) is 24.3 Å². The third kappa shape index (κ3) is 4.52. The predicted molar refractivity (Wildman–Crippen MR) is 138 cm³/mol. The normalized spacial score (nSPS) is 11.3. The zero-order chi connectivity index (χ0) is 25.4. The molecule has 0 aliphatic carbocycles. The van der Waals surface area contributed by atoms with E-state index >= 15 is 0 Å². The number of benzene rings is 1. The Kier molecular flexibility index (Phi) is 5.61. The summed E-state index contributed by atoms with van der Waals surface area (Å²) in [7, 11) is 1.86. The lowest BCUT2D eigenvalue weighted by molar-refractivity contribution is -0.117. The number of aryl methyl sites for hydroxylation is 2. The second-order valence-corrected chi connectivity index (χ2v) is 8.88. The molecule has 0 unspecified atom stereocenters. The van der Waals surface area contributed by atoms with Crippen molar-refractivity contribution in [3.05, 3.63) is 90.7 Å². The molecule has 37 heavy (non-hydrogen) atoms. The van der Waals surface area contributed by atoms with Crippen molar-refractivity contribution in [2.75, 3.05) is 0 Å². The minimum absolute atomic E-state index is 0.118. The fraction of sp³-hybridized carbons (Fsp3) is 0.148. The maximum atomic E-state index is 12.8. The van der Waals surface area contributed by atoms with Crippen LogP contribution < -0.4 is 0 Å². The molecule has 0 aliphatic rings. The van der Waals surface area contributed by atoms with Gasteiger partial charge < -0.3 is 4.98 Å².